The molecule has 0 N–H and O–H groups in total. The Morgan fingerprint density at radius 1 is 1.07 bits per heavy atom. The number of benzene rings is 1. The second-order valence-electron chi connectivity index (χ2n) is 8.36. The number of hydrogen-bond donors (Lipinski definition) is 0. The van der Waals surface area contributed by atoms with E-state index in [0.717, 1.165) is 0 Å². The van der Waals surface area contributed by atoms with Gasteiger partial charge in [0.1, 0.15) is 11.4 Å². The van der Waals surface area contributed by atoms with Crippen LogP contribution < -0.4 is 14.2 Å². The second-order valence-corrected chi connectivity index (χ2v) is 8.36. The molecule has 0 saturated carbocycles. The number of Topliss-reactive ketones (excluding diaryl/α,β-unsaturated/α-hetero) is 1. The van der Waals surface area contributed by atoms with E-state index in [1.807, 2.05) is 20.8 Å². The molecule has 0 aliphatic carbocycles. The topological polar surface area (TPSA) is 94.6 Å². The van der Waals surface area contributed by atoms with Crippen LogP contribution in [0.3, 0.4) is 0 Å². The maximum atomic E-state index is 12.3. The minimum Gasteiger partial charge on any atom is -0.454 e. The number of esters is 1. The molecule has 2 heterocycles. The third-order valence-electron chi connectivity index (χ3n) is 4.74. The lowest BCUT2D eigenvalue weighted by Gasteiger charge is -2.35. The van der Waals surface area contributed by atoms with Crippen molar-refractivity contribution in [2.45, 2.75) is 46.8 Å². The monoisotopic (exact) mass is 420 g/mol. The predicted molar refractivity (Wildman–Crippen MR) is 107 cm³/mol. The number of carbonyl (C=O) groups is 3. The van der Waals surface area contributed by atoms with Gasteiger partial charge in [-0.2, -0.15) is 0 Å². The van der Waals surface area contributed by atoms with Crippen LogP contribution in [0.2, 0.25) is 0 Å². The van der Waals surface area contributed by atoms with Crippen molar-refractivity contribution in [3.63, 3.8) is 0 Å². The summed E-state index contributed by atoms with van der Waals surface area (Å²) in [6, 6.07) is 1.55. The van der Waals surface area contributed by atoms with Crippen molar-refractivity contribution in [2.24, 2.45) is 0 Å². The highest BCUT2D eigenvalue weighted by atomic mass is 16.7. The summed E-state index contributed by atoms with van der Waals surface area (Å²) < 4.78 is 21.9. The summed E-state index contributed by atoms with van der Waals surface area (Å²) in [6.45, 7) is 10.8. The zero-order chi connectivity index (χ0) is 22.1. The molecular formula is C21H28N2O7. The Morgan fingerprint density at radius 3 is 2.30 bits per heavy atom. The molecular weight excluding hydrogens is 392 g/mol. The summed E-state index contributed by atoms with van der Waals surface area (Å²) in [5.41, 5.74) is 0.325. The predicted octanol–water partition coefficient (Wildman–Crippen LogP) is 2.60. The highest BCUT2D eigenvalue weighted by molar-refractivity contribution is 5.99. The minimum absolute atomic E-state index is 0.0373. The molecule has 0 bridgehead atoms. The molecule has 3 rings (SSSR count). The molecule has 1 aromatic carbocycles. The summed E-state index contributed by atoms with van der Waals surface area (Å²) in [5, 5.41) is 0. The Kier molecular flexibility index (Phi) is 6.21. The first-order chi connectivity index (χ1) is 14.0. The first-order valence-electron chi connectivity index (χ1n) is 9.90. The Labute approximate surface area is 175 Å². The smallest absolute Gasteiger partial charge is 0.410 e. The SMILES string of the molecule is CC(=O)Oc1c(C(C)=O)cc2c(c1CN1CCN(C(=O)OC(C)(C)C)CC1)OCO2. The van der Waals surface area contributed by atoms with E-state index in [0.29, 0.717) is 49.8 Å². The van der Waals surface area contributed by atoms with Crippen molar-refractivity contribution >= 4 is 17.8 Å². The van der Waals surface area contributed by atoms with E-state index in [4.69, 9.17) is 18.9 Å². The molecule has 1 amide bonds. The highest BCUT2D eigenvalue weighted by Crippen LogP contribution is 2.44. The second kappa shape index (κ2) is 8.51. The van der Waals surface area contributed by atoms with Gasteiger partial charge in [-0.1, -0.05) is 0 Å². The number of ketones is 1. The van der Waals surface area contributed by atoms with Crippen LogP contribution in [-0.2, 0) is 16.1 Å². The average Bonchev–Trinajstić information content (AvgIpc) is 3.10. The molecule has 9 heteroatoms. The van der Waals surface area contributed by atoms with Crippen molar-refractivity contribution in [3.05, 3.63) is 17.2 Å². The summed E-state index contributed by atoms with van der Waals surface area (Å²) in [7, 11) is 0. The molecule has 0 radical (unpaired) electrons. The normalized spacial score (nSPS) is 16.4. The Morgan fingerprint density at radius 2 is 1.73 bits per heavy atom. The maximum absolute atomic E-state index is 12.3. The molecule has 0 spiro atoms. The Bertz CT molecular complexity index is 852. The van der Waals surface area contributed by atoms with Gasteiger partial charge in [0, 0.05) is 39.6 Å². The maximum Gasteiger partial charge on any atom is 0.410 e. The van der Waals surface area contributed by atoms with Gasteiger partial charge in [-0.05, 0) is 33.8 Å². The van der Waals surface area contributed by atoms with E-state index in [-0.39, 0.29) is 30.0 Å². The number of amides is 1. The van der Waals surface area contributed by atoms with Crippen molar-refractivity contribution in [1.82, 2.24) is 9.80 Å². The van der Waals surface area contributed by atoms with Crippen LogP contribution in [-0.4, -0.2) is 66.2 Å². The van der Waals surface area contributed by atoms with E-state index in [1.54, 1.807) is 11.0 Å². The summed E-state index contributed by atoms with van der Waals surface area (Å²) in [4.78, 5) is 39.9. The number of hydrogen-bond acceptors (Lipinski definition) is 8. The van der Waals surface area contributed by atoms with Gasteiger partial charge in [-0.25, -0.2) is 4.79 Å². The molecule has 1 fully saturated rings. The summed E-state index contributed by atoms with van der Waals surface area (Å²) >= 11 is 0. The minimum atomic E-state index is -0.543. The van der Waals surface area contributed by atoms with Gasteiger partial charge in [-0.3, -0.25) is 14.5 Å². The van der Waals surface area contributed by atoms with E-state index in [2.05, 4.69) is 4.90 Å². The van der Waals surface area contributed by atoms with Gasteiger partial charge >= 0.3 is 12.1 Å². The van der Waals surface area contributed by atoms with Crippen LogP contribution in [0, 0.1) is 0 Å². The quantitative estimate of drug-likeness (QED) is 0.417. The summed E-state index contributed by atoms with van der Waals surface area (Å²) in [6.07, 6.45) is -0.334. The van der Waals surface area contributed by atoms with Gasteiger partial charge in [-0.15, -0.1) is 0 Å². The largest absolute Gasteiger partial charge is 0.454 e. The third-order valence-corrected chi connectivity index (χ3v) is 4.74. The fraction of sp³-hybridized carbons (Fsp3) is 0.571. The van der Waals surface area contributed by atoms with Gasteiger partial charge in [0.05, 0.1) is 11.1 Å². The number of fused-ring (bicyclic) bond motifs is 1. The van der Waals surface area contributed by atoms with Crippen molar-refractivity contribution < 1.29 is 33.3 Å². The first kappa shape index (κ1) is 21.9. The van der Waals surface area contributed by atoms with Crippen LogP contribution in [0.4, 0.5) is 4.79 Å². The number of carbonyl (C=O) groups excluding carboxylic acids is 3. The average molecular weight is 420 g/mol. The van der Waals surface area contributed by atoms with E-state index in [1.165, 1.54) is 13.8 Å². The Balaban J connectivity index is 1.79. The van der Waals surface area contributed by atoms with Crippen LogP contribution in [0.25, 0.3) is 0 Å². The molecule has 164 valence electrons. The molecule has 1 saturated heterocycles. The lowest BCUT2D eigenvalue weighted by molar-refractivity contribution is -0.132. The van der Waals surface area contributed by atoms with Crippen molar-refractivity contribution in [2.75, 3.05) is 33.0 Å². The lowest BCUT2D eigenvalue weighted by Crippen LogP contribution is -2.49. The number of piperazine rings is 1. The van der Waals surface area contributed by atoms with Crippen LogP contribution in [0.15, 0.2) is 6.07 Å². The first-order valence-corrected chi connectivity index (χ1v) is 9.90. The fourth-order valence-corrected chi connectivity index (χ4v) is 3.40. The van der Waals surface area contributed by atoms with Gasteiger partial charge < -0.3 is 23.8 Å². The lowest BCUT2D eigenvalue weighted by atomic mass is 10.0. The zero-order valence-corrected chi connectivity index (χ0v) is 18.1. The fourth-order valence-electron chi connectivity index (χ4n) is 3.40. The van der Waals surface area contributed by atoms with Crippen LogP contribution >= 0.6 is 0 Å². The Hall–Kier alpha value is -2.81. The third kappa shape index (κ3) is 5.02. The van der Waals surface area contributed by atoms with Gasteiger partial charge in [0.15, 0.2) is 17.3 Å². The standard InChI is InChI=1S/C21H28N2O7/c1-13(24)15-10-17-19(28-12-27-17)16(18(15)29-14(2)25)11-22-6-8-23(9-7-22)20(26)30-21(3,4)5/h10H,6-9,11-12H2,1-5H3. The molecule has 0 aromatic heterocycles. The van der Waals surface area contributed by atoms with Gasteiger partial charge in [0.25, 0.3) is 0 Å². The highest BCUT2D eigenvalue weighted by Gasteiger charge is 2.31. The van der Waals surface area contributed by atoms with Crippen molar-refractivity contribution in [1.29, 1.82) is 0 Å². The van der Waals surface area contributed by atoms with E-state index in [9.17, 15) is 14.4 Å². The zero-order valence-electron chi connectivity index (χ0n) is 18.1. The molecule has 0 unspecified atom stereocenters. The van der Waals surface area contributed by atoms with Gasteiger partial charge in [0.2, 0.25) is 6.79 Å². The molecule has 9 nitrogen and oxygen atoms in total. The van der Waals surface area contributed by atoms with E-state index < -0.39 is 11.6 Å². The molecule has 0 atom stereocenters. The molecule has 30 heavy (non-hydrogen) atoms. The molecule has 2 aliphatic heterocycles. The number of rotatable bonds is 4. The molecule has 1 aromatic rings. The van der Waals surface area contributed by atoms with E-state index >= 15 is 0 Å². The van der Waals surface area contributed by atoms with Crippen LogP contribution in [0.1, 0.15) is 50.5 Å². The van der Waals surface area contributed by atoms with Crippen LogP contribution in [0.5, 0.6) is 17.2 Å². The number of nitrogens with zero attached hydrogens (tertiary/aromatic N) is 2. The number of ether oxygens (including phenoxy) is 4. The molecule has 2 aliphatic rings. The summed E-state index contributed by atoms with van der Waals surface area (Å²) in [5.74, 6) is 0.381. The van der Waals surface area contributed by atoms with Crippen molar-refractivity contribution in [3.8, 4) is 17.2 Å².